The number of rotatable bonds is 3. The van der Waals surface area contributed by atoms with Crippen LogP contribution < -0.4 is 5.32 Å². The third kappa shape index (κ3) is 3.48. The Hall–Kier alpha value is -1.73. The fraction of sp³-hybridized carbons (Fsp3) is 0.733. The minimum absolute atomic E-state index is 0.00626. The highest BCUT2D eigenvalue weighted by Crippen LogP contribution is 2.76. The van der Waals surface area contributed by atoms with Gasteiger partial charge >= 0.3 is 5.97 Å². The van der Waals surface area contributed by atoms with Crippen LogP contribution in [-0.4, -0.2) is 35.4 Å². The van der Waals surface area contributed by atoms with Crippen molar-refractivity contribution in [2.45, 2.75) is 85.1 Å². The van der Waals surface area contributed by atoms with E-state index in [2.05, 4.69) is 26.1 Å². The van der Waals surface area contributed by atoms with Crippen LogP contribution in [0, 0.1) is 45.2 Å². The lowest BCUT2D eigenvalue weighted by atomic mass is 9.39. The predicted molar refractivity (Wildman–Crippen MR) is 145 cm³/mol. The first-order valence-corrected chi connectivity index (χ1v) is 14.6. The average molecular weight is 529 g/mol. The third-order valence-electron chi connectivity index (χ3n) is 11.6. The van der Waals surface area contributed by atoms with Gasteiger partial charge in [0.2, 0.25) is 0 Å². The fourth-order valence-corrected chi connectivity index (χ4v) is 10.7. The number of ether oxygens (including phenoxy) is 1. The van der Waals surface area contributed by atoms with Crippen LogP contribution in [0.25, 0.3) is 0 Å². The number of para-hydroxylation sites is 1. The second-order valence-electron chi connectivity index (χ2n) is 13.3. The molecular formula is C30H41FN2O3S. The van der Waals surface area contributed by atoms with E-state index in [1.54, 1.807) is 12.1 Å². The Morgan fingerprint density at radius 1 is 1.16 bits per heavy atom. The Morgan fingerprint density at radius 2 is 1.92 bits per heavy atom. The number of carbonyl (C=O) groups excluding carboxylic acids is 1. The highest BCUT2D eigenvalue weighted by Gasteiger charge is 2.73. The van der Waals surface area contributed by atoms with E-state index in [-0.39, 0.29) is 34.1 Å². The monoisotopic (exact) mass is 528 g/mol. The molecule has 4 aliphatic carbocycles. The van der Waals surface area contributed by atoms with Crippen LogP contribution in [-0.2, 0) is 14.4 Å². The topological polar surface area (TPSA) is 50.8 Å². The summed E-state index contributed by atoms with van der Waals surface area (Å²) in [4.78, 5) is 19.6. The van der Waals surface area contributed by atoms with Gasteiger partial charge in [0.05, 0.1) is 30.4 Å². The molecule has 6 rings (SSSR count). The van der Waals surface area contributed by atoms with Gasteiger partial charge in [0.1, 0.15) is 5.82 Å². The summed E-state index contributed by atoms with van der Waals surface area (Å²) in [6.45, 7) is 10.1. The van der Waals surface area contributed by atoms with Gasteiger partial charge in [-0.05, 0) is 111 Å². The van der Waals surface area contributed by atoms with Crippen molar-refractivity contribution in [1.29, 1.82) is 0 Å². The number of thiocarbonyl (C=S) groups is 1. The second kappa shape index (κ2) is 8.64. The first kappa shape index (κ1) is 25.5. The quantitative estimate of drug-likeness (QED) is 0.347. The standard InChI is InChI=1S/C30H41FN2O3S/c1-5-35-25(34)29(4)14-8-13-28(3)22(29)12-16-30-18-27(2,15-11-23(28)30)24-19(30)17-36-33(24)26(37)32-21-10-7-6-9-20(21)31/h6-7,9-10,19,22-24H,5,8,11-18H2,1-4H3,(H,32,37)/t19-,22+,23+,24+,27+,28-,29-,30-/m1/s1. The number of carbonyl (C=O) groups is 1. The lowest BCUT2D eigenvalue weighted by molar-refractivity contribution is -0.195. The Bertz CT molecular complexity index is 1120. The minimum Gasteiger partial charge on any atom is -0.466 e. The maximum absolute atomic E-state index is 14.4. The largest absolute Gasteiger partial charge is 0.466 e. The van der Waals surface area contributed by atoms with Crippen LogP contribution in [0.5, 0.6) is 0 Å². The zero-order valence-electron chi connectivity index (χ0n) is 22.6. The van der Waals surface area contributed by atoms with Crippen molar-refractivity contribution in [3.63, 3.8) is 0 Å². The number of hydrogen-bond donors (Lipinski definition) is 1. The van der Waals surface area contributed by atoms with E-state index in [4.69, 9.17) is 21.8 Å². The molecule has 1 aromatic carbocycles. The maximum atomic E-state index is 14.4. The molecule has 1 N–H and O–H groups in total. The molecular weight excluding hydrogens is 487 g/mol. The van der Waals surface area contributed by atoms with Gasteiger partial charge in [0.15, 0.2) is 5.11 Å². The summed E-state index contributed by atoms with van der Waals surface area (Å²) >= 11 is 5.80. The number of nitrogens with zero attached hydrogens (tertiary/aromatic N) is 1. The molecule has 1 spiro atoms. The second-order valence-corrected chi connectivity index (χ2v) is 13.7. The minimum atomic E-state index is -0.396. The van der Waals surface area contributed by atoms with Crippen molar-refractivity contribution in [3.8, 4) is 0 Å². The van der Waals surface area contributed by atoms with E-state index < -0.39 is 5.41 Å². The molecule has 0 radical (unpaired) electrons. The number of anilines is 1. The zero-order valence-corrected chi connectivity index (χ0v) is 23.5. The SMILES string of the molecule is CCOC(=O)[C@]1(C)CCC[C@@]2(C)[C@@H]3CC[C@@]4(C)C[C@]3(CC[C@@H]21)[C@@H]1CON(C(=S)Nc2ccccc2F)[C@@H]14. The molecule has 0 unspecified atom stereocenters. The summed E-state index contributed by atoms with van der Waals surface area (Å²) in [5.74, 6) is 0.996. The lowest BCUT2D eigenvalue weighted by Gasteiger charge is -2.64. The lowest BCUT2D eigenvalue weighted by Crippen LogP contribution is -2.60. The molecule has 5 nitrogen and oxygen atoms in total. The maximum Gasteiger partial charge on any atom is 0.312 e. The molecule has 0 amide bonds. The van der Waals surface area contributed by atoms with Gasteiger partial charge < -0.3 is 10.1 Å². The van der Waals surface area contributed by atoms with Gasteiger partial charge in [0.25, 0.3) is 0 Å². The van der Waals surface area contributed by atoms with Crippen molar-refractivity contribution in [1.82, 2.24) is 5.06 Å². The van der Waals surface area contributed by atoms with E-state index in [1.165, 1.54) is 25.3 Å². The fourth-order valence-electron chi connectivity index (χ4n) is 10.4. The highest BCUT2D eigenvalue weighted by atomic mass is 32.1. The molecule has 37 heavy (non-hydrogen) atoms. The summed E-state index contributed by atoms with van der Waals surface area (Å²) < 4.78 is 20.0. The molecule has 2 bridgehead atoms. The Labute approximate surface area is 225 Å². The van der Waals surface area contributed by atoms with Gasteiger partial charge in [-0.15, -0.1) is 0 Å². The molecule has 1 heterocycles. The Morgan fingerprint density at radius 3 is 2.68 bits per heavy atom. The van der Waals surface area contributed by atoms with Crippen molar-refractivity contribution >= 4 is 29.0 Å². The van der Waals surface area contributed by atoms with Crippen molar-refractivity contribution in [2.75, 3.05) is 18.5 Å². The number of benzene rings is 1. The molecule has 5 aliphatic rings. The zero-order chi connectivity index (χ0) is 26.2. The third-order valence-corrected chi connectivity index (χ3v) is 11.9. The van der Waals surface area contributed by atoms with Crippen molar-refractivity contribution < 1.29 is 18.8 Å². The first-order chi connectivity index (χ1) is 17.6. The predicted octanol–water partition coefficient (Wildman–Crippen LogP) is 6.73. The van der Waals surface area contributed by atoms with E-state index in [0.717, 1.165) is 32.1 Å². The summed E-state index contributed by atoms with van der Waals surface area (Å²) in [7, 11) is 0. The number of hydrogen-bond acceptors (Lipinski definition) is 4. The Balaban J connectivity index is 1.30. The number of halogens is 1. The molecule has 7 heteroatoms. The van der Waals surface area contributed by atoms with Crippen LogP contribution in [0.15, 0.2) is 24.3 Å². The van der Waals surface area contributed by atoms with Gasteiger partial charge in [0, 0.05) is 5.92 Å². The molecule has 4 saturated carbocycles. The summed E-state index contributed by atoms with van der Waals surface area (Å²) in [5.41, 5.74) is 0.398. The van der Waals surface area contributed by atoms with E-state index in [1.807, 2.05) is 18.1 Å². The van der Waals surface area contributed by atoms with Crippen molar-refractivity contribution in [2.24, 2.45) is 39.4 Å². The number of hydroxylamine groups is 2. The number of nitrogens with one attached hydrogen (secondary N) is 1. The van der Waals surface area contributed by atoms with Crippen LogP contribution in [0.3, 0.4) is 0 Å². The smallest absolute Gasteiger partial charge is 0.312 e. The molecule has 8 atom stereocenters. The molecule has 5 fully saturated rings. The van der Waals surface area contributed by atoms with Gasteiger partial charge in [-0.2, -0.15) is 0 Å². The molecule has 1 aromatic rings. The van der Waals surface area contributed by atoms with E-state index >= 15 is 0 Å². The first-order valence-electron chi connectivity index (χ1n) is 14.2. The van der Waals surface area contributed by atoms with Crippen LogP contribution in [0.2, 0.25) is 0 Å². The Kier molecular flexibility index (Phi) is 5.96. The van der Waals surface area contributed by atoms with Crippen LogP contribution in [0.4, 0.5) is 10.1 Å². The summed E-state index contributed by atoms with van der Waals surface area (Å²) in [5, 5.41) is 5.49. The average Bonchev–Trinajstić information content (AvgIpc) is 3.38. The summed E-state index contributed by atoms with van der Waals surface area (Å²) in [6, 6.07) is 6.83. The van der Waals surface area contributed by atoms with Crippen molar-refractivity contribution in [3.05, 3.63) is 30.1 Å². The van der Waals surface area contributed by atoms with E-state index in [9.17, 15) is 9.18 Å². The van der Waals surface area contributed by atoms with Gasteiger partial charge in [-0.25, -0.2) is 9.45 Å². The van der Waals surface area contributed by atoms with Gasteiger partial charge in [-0.1, -0.05) is 32.4 Å². The highest BCUT2D eigenvalue weighted by molar-refractivity contribution is 7.80. The van der Waals surface area contributed by atoms with Crippen LogP contribution >= 0.6 is 12.2 Å². The molecule has 1 aliphatic heterocycles. The molecule has 202 valence electrons. The number of fused-ring (bicyclic) bond motifs is 5. The molecule has 1 saturated heterocycles. The van der Waals surface area contributed by atoms with E-state index in [0.29, 0.717) is 41.8 Å². The van der Waals surface area contributed by atoms with Crippen LogP contribution in [0.1, 0.15) is 79.1 Å². The van der Waals surface area contributed by atoms with Gasteiger partial charge in [-0.3, -0.25) is 9.63 Å². The number of esters is 1. The normalized spacial score (nSPS) is 44.0. The molecule has 0 aromatic heterocycles. The summed E-state index contributed by atoms with van der Waals surface area (Å²) in [6.07, 6.45) is 8.90.